The second-order valence-corrected chi connectivity index (χ2v) is 4.58. The van der Waals surface area contributed by atoms with E-state index in [9.17, 15) is 9.59 Å². The second kappa shape index (κ2) is 6.53. The Balaban J connectivity index is 1.90. The number of carbonyl (C=O) groups is 2. The standard InChI is InChI=1S/C15H15N3O2/c16-9-10-17-14(19)8-3-11-1-4-12(5-2-11)15(20)18-13-6-7-13/h1-5,8,13H,6-7,10H2,(H,17,19)(H,18,20). The average Bonchev–Trinajstić information content (AvgIpc) is 3.27. The molecule has 0 aliphatic heterocycles. The predicted molar refractivity (Wildman–Crippen MR) is 74.6 cm³/mol. The Morgan fingerprint density at radius 2 is 2.00 bits per heavy atom. The van der Waals surface area contributed by atoms with Crippen molar-refractivity contribution in [3.63, 3.8) is 0 Å². The van der Waals surface area contributed by atoms with Crippen molar-refractivity contribution in [1.29, 1.82) is 5.26 Å². The number of nitriles is 1. The summed E-state index contributed by atoms with van der Waals surface area (Å²) in [4.78, 5) is 23.0. The van der Waals surface area contributed by atoms with Crippen molar-refractivity contribution >= 4 is 17.9 Å². The van der Waals surface area contributed by atoms with E-state index in [1.165, 1.54) is 6.08 Å². The predicted octanol–water partition coefficient (Wildman–Crippen LogP) is 1.23. The number of hydrogen-bond donors (Lipinski definition) is 2. The van der Waals surface area contributed by atoms with Crippen LogP contribution in [0.3, 0.4) is 0 Å². The molecule has 1 saturated carbocycles. The van der Waals surface area contributed by atoms with Crippen LogP contribution in [0.15, 0.2) is 30.3 Å². The third kappa shape index (κ3) is 4.25. The quantitative estimate of drug-likeness (QED) is 0.623. The summed E-state index contributed by atoms with van der Waals surface area (Å²) >= 11 is 0. The summed E-state index contributed by atoms with van der Waals surface area (Å²) < 4.78 is 0. The summed E-state index contributed by atoms with van der Waals surface area (Å²) in [5.74, 6) is -0.378. The van der Waals surface area contributed by atoms with Crippen molar-refractivity contribution in [2.45, 2.75) is 18.9 Å². The maximum absolute atomic E-state index is 11.8. The number of carbonyl (C=O) groups excluding carboxylic acids is 2. The first-order valence-corrected chi connectivity index (χ1v) is 6.43. The molecule has 1 fully saturated rings. The van der Waals surface area contributed by atoms with Gasteiger partial charge in [-0.05, 0) is 36.6 Å². The minimum atomic E-state index is -0.317. The van der Waals surface area contributed by atoms with Crippen LogP contribution in [-0.4, -0.2) is 24.4 Å². The molecule has 2 rings (SSSR count). The van der Waals surface area contributed by atoms with Gasteiger partial charge in [0, 0.05) is 17.7 Å². The number of nitrogens with zero attached hydrogens (tertiary/aromatic N) is 1. The minimum absolute atomic E-state index is 0.0105. The molecule has 0 spiro atoms. The van der Waals surface area contributed by atoms with Crippen LogP contribution < -0.4 is 10.6 Å². The smallest absolute Gasteiger partial charge is 0.251 e. The topological polar surface area (TPSA) is 82.0 Å². The summed E-state index contributed by atoms with van der Waals surface area (Å²) in [5, 5.41) is 13.6. The number of nitrogens with one attached hydrogen (secondary N) is 2. The summed E-state index contributed by atoms with van der Waals surface area (Å²) in [6.07, 6.45) is 5.11. The van der Waals surface area contributed by atoms with Crippen LogP contribution in [0.1, 0.15) is 28.8 Å². The van der Waals surface area contributed by atoms with Crippen molar-refractivity contribution in [3.05, 3.63) is 41.5 Å². The lowest BCUT2D eigenvalue weighted by Crippen LogP contribution is -2.25. The van der Waals surface area contributed by atoms with E-state index < -0.39 is 0 Å². The molecule has 0 aromatic heterocycles. The molecular formula is C15H15N3O2. The average molecular weight is 269 g/mol. The van der Waals surface area contributed by atoms with E-state index in [-0.39, 0.29) is 18.4 Å². The first-order valence-electron chi connectivity index (χ1n) is 6.43. The van der Waals surface area contributed by atoms with Gasteiger partial charge in [-0.2, -0.15) is 5.26 Å². The van der Waals surface area contributed by atoms with Crippen LogP contribution in [0, 0.1) is 11.3 Å². The maximum Gasteiger partial charge on any atom is 0.251 e. The Morgan fingerprint density at radius 1 is 1.30 bits per heavy atom. The molecular weight excluding hydrogens is 254 g/mol. The Bertz CT molecular complexity index is 566. The zero-order chi connectivity index (χ0) is 14.4. The zero-order valence-electron chi connectivity index (χ0n) is 10.9. The Hall–Kier alpha value is -2.61. The zero-order valence-corrected chi connectivity index (χ0v) is 10.9. The molecule has 0 atom stereocenters. The number of rotatable bonds is 5. The van der Waals surface area contributed by atoms with E-state index in [1.54, 1.807) is 30.3 Å². The summed E-state index contributed by atoms with van der Waals surface area (Å²) in [5.41, 5.74) is 1.43. The lowest BCUT2D eigenvalue weighted by molar-refractivity contribution is -0.116. The molecule has 2 N–H and O–H groups in total. The highest BCUT2D eigenvalue weighted by molar-refractivity contribution is 5.95. The van der Waals surface area contributed by atoms with Gasteiger partial charge < -0.3 is 10.6 Å². The highest BCUT2D eigenvalue weighted by atomic mass is 16.2. The van der Waals surface area contributed by atoms with E-state index in [2.05, 4.69) is 10.6 Å². The Kier molecular flexibility index (Phi) is 4.51. The third-order valence-corrected chi connectivity index (χ3v) is 2.85. The van der Waals surface area contributed by atoms with Crippen molar-refractivity contribution in [2.24, 2.45) is 0 Å². The van der Waals surface area contributed by atoms with Crippen molar-refractivity contribution < 1.29 is 9.59 Å². The SMILES string of the molecule is N#CCNC(=O)C=Cc1ccc(C(=O)NC2CC2)cc1. The molecule has 5 heteroatoms. The van der Waals surface area contributed by atoms with Gasteiger partial charge in [-0.1, -0.05) is 12.1 Å². The molecule has 0 saturated heterocycles. The van der Waals surface area contributed by atoms with Gasteiger partial charge in [0.15, 0.2) is 0 Å². The van der Waals surface area contributed by atoms with E-state index in [1.807, 2.05) is 6.07 Å². The first kappa shape index (κ1) is 13.8. The lowest BCUT2D eigenvalue weighted by Gasteiger charge is -2.03. The molecule has 0 bridgehead atoms. The van der Waals surface area contributed by atoms with E-state index in [0.29, 0.717) is 11.6 Å². The van der Waals surface area contributed by atoms with E-state index in [4.69, 9.17) is 5.26 Å². The van der Waals surface area contributed by atoms with Crippen molar-refractivity contribution in [2.75, 3.05) is 6.54 Å². The van der Waals surface area contributed by atoms with Crippen LogP contribution in [0.4, 0.5) is 0 Å². The second-order valence-electron chi connectivity index (χ2n) is 4.58. The van der Waals surface area contributed by atoms with Gasteiger partial charge in [-0.15, -0.1) is 0 Å². The van der Waals surface area contributed by atoms with Crippen LogP contribution in [-0.2, 0) is 4.79 Å². The molecule has 20 heavy (non-hydrogen) atoms. The fourth-order valence-electron chi connectivity index (χ4n) is 1.60. The number of hydrogen-bond acceptors (Lipinski definition) is 3. The molecule has 0 radical (unpaired) electrons. The molecule has 1 aromatic carbocycles. The molecule has 0 unspecified atom stereocenters. The minimum Gasteiger partial charge on any atom is -0.349 e. The first-order chi connectivity index (χ1) is 9.69. The molecule has 5 nitrogen and oxygen atoms in total. The largest absolute Gasteiger partial charge is 0.349 e. The van der Waals surface area contributed by atoms with Gasteiger partial charge in [-0.25, -0.2) is 0 Å². The number of amides is 2. The summed E-state index contributed by atoms with van der Waals surface area (Å²) in [6.45, 7) is -0.0105. The summed E-state index contributed by atoms with van der Waals surface area (Å²) in [6, 6.07) is 9.17. The fourth-order valence-corrected chi connectivity index (χ4v) is 1.60. The van der Waals surface area contributed by atoms with Gasteiger partial charge in [0.1, 0.15) is 6.54 Å². The lowest BCUT2D eigenvalue weighted by atomic mass is 10.1. The van der Waals surface area contributed by atoms with E-state index >= 15 is 0 Å². The highest BCUT2D eigenvalue weighted by Gasteiger charge is 2.23. The molecule has 0 heterocycles. The van der Waals surface area contributed by atoms with Crippen LogP contribution >= 0.6 is 0 Å². The highest BCUT2D eigenvalue weighted by Crippen LogP contribution is 2.19. The maximum atomic E-state index is 11.8. The Labute approximate surface area is 117 Å². The fraction of sp³-hybridized carbons (Fsp3) is 0.267. The summed E-state index contributed by atoms with van der Waals surface area (Å²) in [7, 11) is 0. The van der Waals surface area contributed by atoms with Gasteiger partial charge in [-0.3, -0.25) is 9.59 Å². The van der Waals surface area contributed by atoms with E-state index in [0.717, 1.165) is 18.4 Å². The Morgan fingerprint density at radius 3 is 2.60 bits per heavy atom. The monoisotopic (exact) mass is 269 g/mol. The molecule has 2 amide bonds. The molecule has 1 aromatic rings. The van der Waals surface area contributed by atoms with Gasteiger partial charge in [0.05, 0.1) is 6.07 Å². The normalized spacial score (nSPS) is 13.8. The number of benzene rings is 1. The van der Waals surface area contributed by atoms with Gasteiger partial charge in [0.25, 0.3) is 5.91 Å². The molecule has 1 aliphatic carbocycles. The van der Waals surface area contributed by atoms with Crippen LogP contribution in [0.5, 0.6) is 0 Å². The molecule has 102 valence electrons. The van der Waals surface area contributed by atoms with Gasteiger partial charge in [0.2, 0.25) is 5.91 Å². The van der Waals surface area contributed by atoms with Crippen LogP contribution in [0.2, 0.25) is 0 Å². The van der Waals surface area contributed by atoms with Gasteiger partial charge >= 0.3 is 0 Å². The van der Waals surface area contributed by atoms with Crippen LogP contribution in [0.25, 0.3) is 6.08 Å². The molecule has 1 aliphatic rings. The third-order valence-electron chi connectivity index (χ3n) is 2.85. The van der Waals surface area contributed by atoms with Crippen molar-refractivity contribution in [3.8, 4) is 6.07 Å². The van der Waals surface area contributed by atoms with Crippen molar-refractivity contribution in [1.82, 2.24) is 10.6 Å².